The molecule has 17 heavy (non-hydrogen) atoms. The van der Waals surface area contributed by atoms with Crippen LogP contribution < -0.4 is 0 Å². The number of benzene rings is 1. The molecule has 0 aromatic heterocycles. The van der Waals surface area contributed by atoms with E-state index < -0.39 is 12.0 Å². The quantitative estimate of drug-likeness (QED) is 0.734. The van der Waals surface area contributed by atoms with Gasteiger partial charge in [-0.1, -0.05) is 36.4 Å². The molecule has 0 saturated heterocycles. The van der Waals surface area contributed by atoms with Crippen LogP contribution in [0.25, 0.3) is 0 Å². The molecule has 1 rings (SSSR count). The Balaban J connectivity index is 2.55. The largest absolute Gasteiger partial charge is 0.480 e. The van der Waals surface area contributed by atoms with Gasteiger partial charge in [-0.3, -0.25) is 9.69 Å². The summed E-state index contributed by atoms with van der Waals surface area (Å²) in [6, 6.07) is 9.60. The van der Waals surface area contributed by atoms with Crippen LogP contribution in [0.15, 0.2) is 43.0 Å². The van der Waals surface area contributed by atoms with Gasteiger partial charge in [0.25, 0.3) is 0 Å². The molecule has 1 unspecified atom stereocenters. The van der Waals surface area contributed by atoms with E-state index in [2.05, 4.69) is 18.7 Å². The molecule has 1 aromatic rings. The van der Waals surface area contributed by atoms with Gasteiger partial charge in [-0.15, -0.1) is 6.58 Å². The predicted molar refractivity (Wildman–Crippen MR) is 69.0 cm³/mol. The Bertz CT molecular complexity index is 362. The average molecular weight is 233 g/mol. The molecule has 1 N–H and O–H groups in total. The van der Waals surface area contributed by atoms with Gasteiger partial charge in [0.05, 0.1) is 0 Å². The van der Waals surface area contributed by atoms with Gasteiger partial charge in [-0.25, -0.2) is 0 Å². The van der Waals surface area contributed by atoms with E-state index in [9.17, 15) is 4.79 Å². The summed E-state index contributed by atoms with van der Waals surface area (Å²) >= 11 is 0. The summed E-state index contributed by atoms with van der Waals surface area (Å²) in [6.07, 6.45) is 2.59. The van der Waals surface area contributed by atoms with E-state index in [0.717, 1.165) is 13.0 Å². The average Bonchev–Trinajstić information content (AvgIpc) is 2.34. The lowest BCUT2D eigenvalue weighted by molar-refractivity contribution is -0.142. The molecule has 0 fully saturated rings. The van der Waals surface area contributed by atoms with Crippen molar-refractivity contribution in [3.05, 3.63) is 48.6 Å². The van der Waals surface area contributed by atoms with Gasteiger partial charge in [0.1, 0.15) is 6.04 Å². The molecule has 0 heterocycles. The summed E-state index contributed by atoms with van der Waals surface area (Å²) in [4.78, 5) is 12.9. The molecule has 0 saturated carbocycles. The fourth-order valence-electron chi connectivity index (χ4n) is 1.68. The van der Waals surface area contributed by atoms with Crippen molar-refractivity contribution in [3.63, 3.8) is 0 Å². The van der Waals surface area contributed by atoms with Crippen LogP contribution in [-0.4, -0.2) is 35.1 Å². The molecule has 0 aliphatic carbocycles. The number of carbonyl (C=O) groups is 1. The maximum atomic E-state index is 11.0. The molecule has 0 radical (unpaired) electrons. The molecule has 0 spiro atoms. The minimum absolute atomic E-state index is 0.475. The highest BCUT2D eigenvalue weighted by molar-refractivity contribution is 5.72. The van der Waals surface area contributed by atoms with Gasteiger partial charge < -0.3 is 5.11 Å². The second-order valence-corrected chi connectivity index (χ2v) is 4.03. The third kappa shape index (κ3) is 4.41. The second kappa shape index (κ2) is 6.86. The monoisotopic (exact) mass is 233 g/mol. The van der Waals surface area contributed by atoms with Crippen molar-refractivity contribution in [1.29, 1.82) is 0 Å². The number of carboxylic acid groups (broad SMARTS) is 1. The molecule has 0 aliphatic heterocycles. The van der Waals surface area contributed by atoms with Gasteiger partial charge in [0, 0.05) is 13.1 Å². The van der Waals surface area contributed by atoms with Crippen molar-refractivity contribution in [3.8, 4) is 0 Å². The van der Waals surface area contributed by atoms with Crippen molar-refractivity contribution < 1.29 is 9.90 Å². The Labute approximate surface area is 102 Å². The number of hydrogen-bond donors (Lipinski definition) is 1. The minimum Gasteiger partial charge on any atom is -0.480 e. The normalized spacial score (nSPS) is 12.4. The van der Waals surface area contributed by atoms with E-state index in [1.165, 1.54) is 5.56 Å². The zero-order valence-electron chi connectivity index (χ0n) is 10.2. The highest BCUT2D eigenvalue weighted by Crippen LogP contribution is 2.05. The van der Waals surface area contributed by atoms with Crippen LogP contribution in [0.3, 0.4) is 0 Å². The van der Waals surface area contributed by atoms with E-state index in [0.29, 0.717) is 6.54 Å². The Morgan fingerprint density at radius 2 is 2.12 bits per heavy atom. The van der Waals surface area contributed by atoms with Crippen LogP contribution in [0.2, 0.25) is 0 Å². The van der Waals surface area contributed by atoms with Gasteiger partial charge in [-0.2, -0.15) is 0 Å². The Kier molecular flexibility index (Phi) is 5.43. The molecular formula is C14H19NO2. The van der Waals surface area contributed by atoms with E-state index in [1.807, 2.05) is 23.1 Å². The second-order valence-electron chi connectivity index (χ2n) is 4.03. The number of rotatable bonds is 7. The first kappa shape index (κ1) is 13.5. The molecule has 1 aromatic carbocycles. The lowest BCUT2D eigenvalue weighted by Gasteiger charge is -2.24. The maximum Gasteiger partial charge on any atom is 0.320 e. The Morgan fingerprint density at radius 3 is 2.65 bits per heavy atom. The summed E-state index contributed by atoms with van der Waals surface area (Å²) in [5.74, 6) is -0.792. The number of aliphatic carboxylic acids is 1. The molecule has 0 amide bonds. The fraction of sp³-hybridized carbons (Fsp3) is 0.357. The van der Waals surface area contributed by atoms with Crippen LogP contribution in [-0.2, 0) is 11.2 Å². The number of hydrogen-bond acceptors (Lipinski definition) is 2. The molecule has 1 atom stereocenters. The van der Waals surface area contributed by atoms with Crippen LogP contribution in [0.4, 0.5) is 0 Å². The van der Waals surface area contributed by atoms with Crippen molar-refractivity contribution >= 4 is 5.97 Å². The number of carboxylic acids is 1. The van der Waals surface area contributed by atoms with Gasteiger partial charge in [0.15, 0.2) is 0 Å². The lowest BCUT2D eigenvalue weighted by Crippen LogP contribution is -2.40. The van der Waals surface area contributed by atoms with E-state index in [-0.39, 0.29) is 0 Å². The zero-order chi connectivity index (χ0) is 12.7. The molecule has 3 heteroatoms. The topological polar surface area (TPSA) is 40.5 Å². The van der Waals surface area contributed by atoms with Crippen molar-refractivity contribution in [2.75, 3.05) is 13.1 Å². The Hall–Kier alpha value is -1.61. The first-order valence-electron chi connectivity index (χ1n) is 5.77. The smallest absolute Gasteiger partial charge is 0.320 e. The van der Waals surface area contributed by atoms with Gasteiger partial charge in [-0.05, 0) is 18.9 Å². The SMILES string of the molecule is C=CCN(CCc1ccccc1)C(C)C(=O)O. The van der Waals surface area contributed by atoms with E-state index >= 15 is 0 Å². The highest BCUT2D eigenvalue weighted by Gasteiger charge is 2.18. The van der Waals surface area contributed by atoms with Crippen molar-refractivity contribution in [1.82, 2.24) is 4.90 Å². The molecule has 0 bridgehead atoms. The predicted octanol–water partition coefficient (Wildman–Crippen LogP) is 2.19. The first-order chi connectivity index (χ1) is 8.15. The summed E-state index contributed by atoms with van der Waals surface area (Å²) < 4.78 is 0. The lowest BCUT2D eigenvalue weighted by atomic mass is 10.1. The molecule has 3 nitrogen and oxygen atoms in total. The summed E-state index contributed by atoms with van der Waals surface area (Å²) in [6.45, 7) is 6.69. The van der Waals surface area contributed by atoms with Crippen LogP contribution in [0.1, 0.15) is 12.5 Å². The van der Waals surface area contributed by atoms with Crippen molar-refractivity contribution in [2.24, 2.45) is 0 Å². The van der Waals surface area contributed by atoms with Gasteiger partial charge in [0.2, 0.25) is 0 Å². The van der Waals surface area contributed by atoms with Crippen LogP contribution in [0, 0.1) is 0 Å². The molecular weight excluding hydrogens is 214 g/mol. The van der Waals surface area contributed by atoms with Crippen LogP contribution >= 0.6 is 0 Å². The van der Waals surface area contributed by atoms with Crippen molar-refractivity contribution in [2.45, 2.75) is 19.4 Å². The first-order valence-corrected chi connectivity index (χ1v) is 5.77. The molecule has 0 aliphatic rings. The number of nitrogens with zero attached hydrogens (tertiary/aromatic N) is 1. The maximum absolute atomic E-state index is 11.0. The van der Waals surface area contributed by atoms with Crippen LogP contribution in [0.5, 0.6) is 0 Å². The van der Waals surface area contributed by atoms with E-state index in [1.54, 1.807) is 13.0 Å². The standard InChI is InChI=1S/C14H19NO2/c1-3-10-15(12(2)14(16)17)11-9-13-7-5-4-6-8-13/h3-8,12H,1,9-11H2,2H3,(H,16,17). The minimum atomic E-state index is -0.792. The van der Waals surface area contributed by atoms with Gasteiger partial charge >= 0.3 is 5.97 Å². The third-order valence-electron chi connectivity index (χ3n) is 2.80. The van der Waals surface area contributed by atoms with E-state index in [4.69, 9.17) is 5.11 Å². The Morgan fingerprint density at radius 1 is 1.47 bits per heavy atom. The third-order valence-corrected chi connectivity index (χ3v) is 2.80. The molecule has 92 valence electrons. The summed E-state index contributed by atoms with van der Waals surface area (Å²) in [5, 5.41) is 9.00. The summed E-state index contributed by atoms with van der Waals surface area (Å²) in [7, 11) is 0. The fourth-order valence-corrected chi connectivity index (χ4v) is 1.68. The zero-order valence-corrected chi connectivity index (χ0v) is 10.2. The summed E-state index contributed by atoms with van der Waals surface area (Å²) in [5.41, 5.74) is 1.22. The highest BCUT2D eigenvalue weighted by atomic mass is 16.4.